The Hall–Kier alpha value is -2.49. The number of carbonyl (C=O) groups excluding carboxylic acids is 2. The first kappa shape index (κ1) is 20.2. The van der Waals surface area contributed by atoms with E-state index in [9.17, 15) is 27.2 Å². The monoisotopic (exact) mass is 416 g/mol. The highest BCUT2D eigenvalue weighted by Gasteiger charge is 2.44. The second-order valence-electron chi connectivity index (χ2n) is 6.30. The molecule has 1 N–H and O–H groups in total. The van der Waals surface area contributed by atoms with Gasteiger partial charge in [0, 0.05) is 0 Å². The summed E-state index contributed by atoms with van der Waals surface area (Å²) in [6.45, 7) is -1.73. The Morgan fingerprint density at radius 2 is 1.89 bits per heavy atom. The highest BCUT2D eigenvalue weighted by Crippen LogP contribution is 2.31. The number of thiazole rings is 1. The Morgan fingerprint density at radius 1 is 1.21 bits per heavy atom. The number of amides is 1. The van der Waals surface area contributed by atoms with Crippen molar-refractivity contribution in [3.63, 3.8) is 0 Å². The highest BCUT2D eigenvalue weighted by molar-refractivity contribution is 7.22. The van der Waals surface area contributed by atoms with Gasteiger partial charge in [0.1, 0.15) is 0 Å². The van der Waals surface area contributed by atoms with Gasteiger partial charge in [0.2, 0.25) is 5.91 Å². The first-order chi connectivity index (χ1) is 13.3. The molecule has 1 aliphatic carbocycles. The normalized spacial score (nSPS) is 19.8. The summed E-state index contributed by atoms with van der Waals surface area (Å²) in [6.07, 6.45) is -0.331. The van der Waals surface area contributed by atoms with E-state index in [2.05, 4.69) is 15.0 Å². The molecule has 0 aliphatic heterocycles. The summed E-state index contributed by atoms with van der Waals surface area (Å²) in [5.41, 5.74) is 0.705. The molecular weight excluding hydrogens is 400 g/mol. The fraction of sp³-hybridized carbons (Fsp3) is 0.389. The molecule has 1 aromatic carbocycles. The van der Waals surface area contributed by atoms with Gasteiger partial charge in [-0.1, -0.05) is 35.6 Å². The van der Waals surface area contributed by atoms with Crippen LogP contribution < -0.4 is 5.32 Å². The second kappa shape index (κ2) is 8.26. The van der Waals surface area contributed by atoms with Gasteiger partial charge in [-0.25, -0.2) is 13.8 Å². The number of rotatable bonds is 6. The van der Waals surface area contributed by atoms with E-state index in [4.69, 9.17) is 0 Å². The third kappa shape index (κ3) is 4.49. The number of allylic oxidation sites excluding steroid dienone is 2. The van der Waals surface area contributed by atoms with Crippen LogP contribution in [-0.2, 0) is 14.3 Å². The maximum atomic E-state index is 13.0. The number of hydrogen-bond donors (Lipinski definition) is 1. The fourth-order valence-electron chi connectivity index (χ4n) is 2.83. The van der Waals surface area contributed by atoms with Crippen LogP contribution >= 0.6 is 11.3 Å². The van der Waals surface area contributed by atoms with Crippen molar-refractivity contribution in [2.24, 2.45) is 11.8 Å². The average molecular weight is 416 g/mol. The third-order valence-corrected chi connectivity index (χ3v) is 5.27. The number of nitrogens with one attached hydrogen (secondary N) is 1. The topological polar surface area (TPSA) is 68.3 Å². The molecule has 2 aromatic rings. The zero-order valence-electron chi connectivity index (χ0n) is 14.4. The molecule has 10 heteroatoms. The maximum absolute atomic E-state index is 13.0. The SMILES string of the molecule is O=C(Nc1nc2ccccc2s1)[C@H]1CC=CC[C@@H]1C(=O)OCC(F)(F)C(F)F. The molecule has 150 valence electrons. The van der Waals surface area contributed by atoms with Crippen LogP contribution in [0.15, 0.2) is 36.4 Å². The van der Waals surface area contributed by atoms with Gasteiger partial charge < -0.3 is 10.1 Å². The van der Waals surface area contributed by atoms with E-state index in [0.29, 0.717) is 10.6 Å². The number of ether oxygens (including phenoxy) is 1. The van der Waals surface area contributed by atoms with Crippen molar-refractivity contribution >= 4 is 38.6 Å². The minimum Gasteiger partial charge on any atom is -0.459 e. The van der Waals surface area contributed by atoms with Gasteiger partial charge in [-0.15, -0.1) is 0 Å². The number of esters is 1. The minimum absolute atomic E-state index is 0.0943. The zero-order chi connectivity index (χ0) is 20.3. The summed E-state index contributed by atoms with van der Waals surface area (Å²) in [5, 5.41) is 2.98. The number of benzene rings is 1. The Labute approximate surface area is 161 Å². The maximum Gasteiger partial charge on any atom is 0.340 e. The quantitative estimate of drug-likeness (QED) is 0.434. The molecule has 0 saturated heterocycles. The summed E-state index contributed by atoms with van der Waals surface area (Å²) >= 11 is 1.26. The van der Waals surface area contributed by atoms with Crippen LogP contribution in [0.4, 0.5) is 22.7 Å². The molecule has 1 aromatic heterocycles. The van der Waals surface area contributed by atoms with Gasteiger partial charge in [0.25, 0.3) is 0 Å². The molecule has 0 fully saturated rings. The molecule has 1 amide bonds. The number of alkyl halides is 4. The van der Waals surface area contributed by atoms with Crippen molar-refractivity contribution < 1.29 is 31.9 Å². The third-order valence-electron chi connectivity index (χ3n) is 4.32. The van der Waals surface area contributed by atoms with Crippen molar-refractivity contribution in [1.82, 2.24) is 4.98 Å². The van der Waals surface area contributed by atoms with E-state index in [1.54, 1.807) is 24.3 Å². The lowest BCUT2D eigenvalue weighted by Crippen LogP contribution is -2.39. The number of fused-ring (bicyclic) bond motifs is 1. The summed E-state index contributed by atoms with van der Waals surface area (Å²) < 4.78 is 55.7. The van der Waals surface area contributed by atoms with E-state index in [1.807, 2.05) is 12.1 Å². The van der Waals surface area contributed by atoms with Gasteiger partial charge in [0.15, 0.2) is 11.7 Å². The fourth-order valence-corrected chi connectivity index (χ4v) is 3.69. The first-order valence-corrected chi connectivity index (χ1v) is 9.23. The lowest BCUT2D eigenvalue weighted by Gasteiger charge is -2.26. The average Bonchev–Trinajstić information content (AvgIpc) is 3.08. The molecular formula is C18H16F4N2O3S. The number of anilines is 1. The van der Waals surface area contributed by atoms with Crippen LogP contribution in [0.3, 0.4) is 0 Å². The smallest absolute Gasteiger partial charge is 0.340 e. The van der Waals surface area contributed by atoms with Crippen molar-refractivity contribution in [3.05, 3.63) is 36.4 Å². The second-order valence-corrected chi connectivity index (χ2v) is 7.33. The first-order valence-electron chi connectivity index (χ1n) is 8.42. The molecule has 0 saturated carbocycles. The van der Waals surface area contributed by atoms with Crippen molar-refractivity contribution in [1.29, 1.82) is 0 Å². The molecule has 0 bridgehead atoms. The molecule has 0 radical (unpaired) electrons. The molecule has 0 unspecified atom stereocenters. The van der Waals surface area contributed by atoms with E-state index in [-0.39, 0.29) is 12.8 Å². The molecule has 1 heterocycles. The molecule has 3 rings (SSSR count). The molecule has 28 heavy (non-hydrogen) atoms. The van der Waals surface area contributed by atoms with Gasteiger partial charge >= 0.3 is 18.3 Å². The molecule has 1 aliphatic rings. The van der Waals surface area contributed by atoms with E-state index >= 15 is 0 Å². The van der Waals surface area contributed by atoms with E-state index in [1.165, 1.54) is 11.3 Å². The predicted octanol–water partition coefficient (Wildman–Crippen LogP) is 4.26. The van der Waals surface area contributed by atoms with Crippen LogP contribution in [0, 0.1) is 11.8 Å². The highest BCUT2D eigenvalue weighted by atomic mass is 32.1. The van der Waals surface area contributed by atoms with Crippen LogP contribution in [0.25, 0.3) is 10.2 Å². The predicted molar refractivity (Wildman–Crippen MR) is 95.5 cm³/mol. The Bertz CT molecular complexity index is 867. The number of nitrogens with zero attached hydrogens (tertiary/aromatic N) is 1. The van der Waals surface area contributed by atoms with Crippen LogP contribution in [0.2, 0.25) is 0 Å². The minimum atomic E-state index is -4.43. The van der Waals surface area contributed by atoms with E-state index in [0.717, 1.165) is 4.70 Å². The van der Waals surface area contributed by atoms with Crippen LogP contribution in [0.5, 0.6) is 0 Å². The van der Waals surface area contributed by atoms with Crippen molar-refractivity contribution in [2.45, 2.75) is 25.2 Å². The number of carbonyl (C=O) groups is 2. The van der Waals surface area contributed by atoms with Gasteiger partial charge in [-0.05, 0) is 25.0 Å². The van der Waals surface area contributed by atoms with Crippen LogP contribution in [0.1, 0.15) is 12.8 Å². The summed E-state index contributed by atoms with van der Waals surface area (Å²) in [7, 11) is 0. The summed E-state index contributed by atoms with van der Waals surface area (Å²) in [6, 6.07) is 7.27. The summed E-state index contributed by atoms with van der Waals surface area (Å²) in [5.74, 6) is -7.95. The van der Waals surface area contributed by atoms with Crippen molar-refractivity contribution in [2.75, 3.05) is 11.9 Å². The largest absolute Gasteiger partial charge is 0.459 e. The Kier molecular flexibility index (Phi) is 5.97. The Balaban J connectivity index is 1.67. The lowest BCUT2D eigenvalue weighted by molar-refractivity contribution is -0.184. The lowest BCUT2D eigenvalue weighted by atomic mass is 9.82. The molecule has 0 spiro atoms. The number of aromatic nitrogens is 1. The molecule has 5 nitrogen and oxygen atoms in total. The van der Waals surface area contributed by atoms with Gasteiger partial charge in [-0.3, -0.25) is 9.59 Å². The molecule has 2 atom stereocenters. The van der Waals surface area contributed by atoms with E-state index < -0.39 is 42.7 Å². The standard InChI is InChI=1S/C18H16F4N2O3S/c19-16(20)18(21,22)9-27-15(26)11-6-2-1-5-10(11)14(25)24-17-23-12-7-3-4-8-13(12)28-17/h1-4,7-8,10-11,16H,5-6,9H2,(H,23,24,25)/t10-,11-/m0/s1. The number of halogens is 4. The van der Waals surface area contributed by atoms with Crippen LogP contribution in [-0.4, -0.2) is 35.8 Å². The number of hydrogen-bond acceptors (Lipinski definition) is 5. The van der Waals surface area contributed by atoms with Gasteiger partial charge in [-0.2, -0.15) is 8.78 Å². The zero-order valence-corrected chi connectivity index (χ0v) is 15.2. The number of para-hydroxylation sites is 1. The Morgan fingerprint density at radius 3 is 2.57 bits per heavy atom. The van der Waals surface area contributed by atoms with Crippen molar-refractivity contribution in [3.8, 4) is 0 Å². The summed E-state index contributed by atoms with van der Waals surface area (Å²) in [4.78, 5) is 29.0. The van der Waals surface area contributed by atoms with Gasteiger partial charge in [0.05, 0.1) is 22.1 Å².